The summed E-state index contributed by atoms with van der Waals surface area (Å²) in [4.78, 5) is -0.119. The number of benzene rings is 1. The number of aromatic nitrogens is 2. The number of nitrogens with one attached hydrogen (secondary N) is 2. The Hall–Kier alpha value is -1.96. The summed E-state index contributed by atoms with van der Waals surface area (Å²) in [6, 6.07) is 2.51. The zero-order valence-corrected chi connectivity index (χ0v) is 10.1. The molecule has 1 aromatic heterocycles. The number of H-pyrrole nitrogens is 1. The fraction of sp³-hybridized carbons (Fsp3) is 0.100. The average Bonchev–Trinajstić information content (AvgIpc) is 2.70. The number of rotatable bonds is 3. The molecule has 0 radical (unpaired) electrons. The van der Waals surface area contributed by atoms with Crippen LogP contribution in [0.5, 0.6) is 0 Å². The second kappa shape index (κ2) is 4.37. The first kappa shape index (κ1) is 12.5. The molecule has 1 aromatic carbocycles. The van der Waals surface area contributed by atoms with Crippen molar-refractivity contribution in [2.45, 2.75) is 11.8 Å². The molecule has 0 aliphatic rings. The van der Waals surface area contributed by atoms with Crippen molar-refractivity contribution in [1.29, 1.82) is 0 Å². The van der Waals surface area contributed by atoms with E-state index in [1.54, 1.807) is 0 Å². The minimum absolute atomic E-state index is 0.119. The number of halogens is 2. The van der Waals surface area contributed by atoms with Crippen LogP contribution in [-0.4, -0.2) is 18.6 Å². The minimum atomic E-state index is -3.99. The molecule has 0 atom stereocenters. The largest absolute Gasteiger partial charge is 0.281 e. The first-order valence-electron chi connectivity index (χ1n) is 4.88. The summed E-state index contributed by atoms with van der Waals surface area (Å²) in [5, 5.41) is 6.01. The molecule has 5 nitrogen and oxygen atoms in total. The van der Waals surface area contributed by atoms with Crippen LogP contribution in [0.25, 0.3) is 0 Å². The number of nitrogens with zero attached hydrogens (tertiary/aromatic N) is 1. The van der Waals surface area contributed by atoms with Gasteiger partial charge in [-0.15, -0.1) is 0 Å². The highest BCUT2D eigenvalue weighted by Gasteiger charge is 2.20. The standard InChI is InChI=1S/C10H9F2N3O2S/c1-6-10(5-13-14-6)18(16,17)15-9-4-7(11)2-3-8(9)12/h2-5,15H,1H3,(H,13,14). The van der Waals surface area contributed by atoms with E-state index >= 15 is 0 Å². The lowest BCUT2D eigenvalue weighted by Gasteiger charge is -2.08. The quantitative estimate of drug-likeness (QED) is 0.895. The van der Waals surface area contributed by atoms with E-state index < -0.39 is 27.3 Å². The van der Waals surface area contributed by atoms with Crippen molar-refractivity contribution in [2.75, 3.05) is 4.72 Å². The third-order valence-corrected chi connectivity index (χ3v) is 3.73. The number of anilines is 1. The van der Waals surface area contributed by atoms with Gasteiger partial charge in [0.1, 0.15) is 16.5 Å². The van der Waals surface area contributed by atoms with E-state index in [0.717, 1.165) is 24.4 Å². The van der Waals surface area contributed by atoms with Gasteiger partial charge in [-0.2, -0.15) is 5.10 Å². The molecule has 2 aromatic rings. The fourth-order valence-corrected chi connectivity index (χ4v) is 2.58. The van der Waals surface area contributed by atoms with Gasteiger partial charge in [0.2, 0.25) is 0 Å². The molecule has 0 amide bonds. The van der Waals surface area contributed by atoms with Crippen molar-refractivity contribution in [3.63, 3.8) is 0 Å². The van der Waals surface area contributed by atoms with Crippen molar-refractivity contribution in [1.82, 2.24) is 10.2 Å². The first-order chi connectivity index (χ1) is 8.40. The van der Waals surface area contributed by atoms with Crippen LogP contribution in [-0.2, 0) is 10.0 Å². The molecule has 0 aliphatic carbocycles. The van der Waals surface area contributed by atoms with Crippen LogP contribution in [0.4, 0.5) is 14.5 Å². The Morgan fingerprint density at radius 3 is 2.67 bits per heavy atom. The molecule has 0 spiro atoms. The molecule has 8 heteroatoms. The average molecular weight is 273 g/mol. The maximum absolute atomic E-state index is 13.3. The second-order valence-corrected chi connectivity index (χ2v) is 5.24. The highest BCUT2D eigenvalue weighted by Crippen LogP contribution is 2.20. The highest BCUT2D eigenvalue weighted by molar-refractivity contribution is 7.92. The molecular weight excluding hydrogens is 264 g/mol. The van der Waals surface area contributed by atoms with Gasteiger partial charge < -0.3 is 0 Å². The number of hydrogen-bond donors (Lipinski definition) is 2. The van der Waals surface area contributed by atoms with Gasteiger partial charge in [-0.05, 0) is 19.1 Å². The molecule has 0 aliphatic heterocycles. The van der Waals surface area contributed by atoms with Gasteiger partial charge in [-0.1, -0.05) is 0 Å². The number of hydrogen-bond acceptors (Lipinski definition) is 3. The van der Waals surface area contributed by atoms with Crippen LogP contribution >= 0.6 is 0 Å². The SMILES string of the molecule is Cc1[nH]ncc1S(=O)(=O)Nc1cc(F)ccc1F. The van der Waals surface area contributed by atoms with Crippen LogP contribution in [0.15, 0.2) is 29.3 Å². The predicted octanol–water partition coefficient (Wildman–Crippen LogP) is 1.80. The second-order valence-electron chi connectivity index (χ2n) is 3.59. The van der Waals surface area contributed by atoms with E-state index in [9.17, 15) is 17.2 Å². The van der Waals surface area contributed by atoms with Crippen LogP contribution in [0.3, 0.4) is 0 Å². The summed E-state index contributed by atoms with van der Waals surface area (Å²) in [5.74, 6) is -1.60. The Kier molecular flexibility index (Phi) is 3.04. The van der Waals surface area contributed by atoms with Gasteiger partial charge in [0, 0.05) is 6.07 Å². The summed E-state index contributed by atoms with van der Waals surface area (Å²) in [7, 11) is -3.99. The maximum Gasteiger partial charge on any atom is 0.265 e. The topological polar surface area (TPSA) is 74.8 Å². The lowest BCUT2D eigenvalue weighted by molar-refractivity contribution is 0.594. The van der Waals surface area contributed by atoms with Gasteiger partial charge >= 0.3 is 0 Å². The zero-order chi connectivity index (χ0) is 13.3. The van der Waals surface area contributed by atoms with Gasteiger partial charge in [0.25, 0.3) is 10.0 Å². The Morgan fingerprint density at radius 2 is 2.06 bits per heavy atom. The third-order valence-electron chi connectivity index (χ3n) is 2.25. The molecular formula is C10H9F2N3O2S. The molecule has 0 unspecified atom stereocenters. The minimum Gasteiger partial charge on any atom is -0.281 e. The van der Waals surface area contributed by atoms with Crippen LogP contribution < -0.4 is 4.72 Å². The summed E-state index contributed by atoms with van der Waals surface area (Å²) in [6.07, 6.45) is 1.09. The smallest absolute Gasteiger partial charge is 0.265 e. The Morgan fingerprint density at radius 1 is 1.33 bits per heavy atom. The van der Waals surface area contributed by atoms with Crippen molar-refractivity contribution in [2.24, 2.45) is 0 Å². The van der Waals surface area contributed by atoms with Crippen LogP contribution in [0, 0.1) is 18.6 Å². The van der Waals surface area contributed by atoms with Crippen molar-refractivity contribution in [3.8, 4) is 0 Å². The summed E-state index contributed by atoms with van der Waals surface area (Å²) in [6.45, 7) is 1.50. The van der Waals surface area contributed by atoms with E-state index in [4.69, 9.17) is 0 Å². The molecule has 1 heterocycles. The summed E-state index contributed by atoms with van der Waals surface area (Å²) in [5.41, 5.74) is -0.144. The lowest BCUT2D eigenvalue weighted by Crippen LogP contribution is -2.14. The Balaban J connectivity index is 2.40. The third kappa shape index (κ3) is 2.33. The molecule has 0 saturated heterocycles. The molecule has 96 valence electrons. The van der Waals surface area contributed by atoms with Crippen molar-refractivity contribution in [3.05, 3.63) is 41.7 Å². The predicted molar refractivity (Wildman–Crippen MR) is 60.5 cm³/mol. The number of sulfonamides is 1. The van der Waals surface area contributed by atoms with Crippen molar-refractivity contribution >= 4 is 15.7 Å². The zero-order valence-electron chi connectivity index (χ0n) is 9.24. The molecule has 0 fully saturated rings. The van der Waals surface area contributed by atoms with Gasteiger partial charge in [0.05, 0.1) is 17.6 Å². The summed E-state index contributed by atoms with van der Waals surface area (Å²) < 4.78 is 52.0. The van der Waals surface area contributed by atoms with Crippen LogP contribution in [0.1, 0.15) is 5.69 Å². The van der Waals surface area contributed by atoms with Gasteiger partial charge in [-0.25, -0.2) is 17.2 Å². The van der Waals surface area contributed by atoms with E-state index in [-0.39, 0.29) is 4.90 Å². The van der Waals surface area contributed by atoms with Gasteiger partial charge in [0.15, 0.2) is 0 Å². The normalized spacial score (nSPS) is 11.5. The Labute approximate surface area is 102 Å². The van der Waals surface area contributed by atoms with E-state index in [1.165, 1.54) is 6.92 Å². The first-order valence-corrected chi connectivity index (χ1v) is 6.36. The molecule has 18 heavy (non-hydrogen) atoms. The van der Waals surface area contributed by atoms with E-state index in [1.807, 2.05) is 4.72 Å². The molecule has 2 rings (SSSR count). The van der Waals surface area contributed by atoms with Crippen LogP contribution in [0.2, 0.25) is 0 Å². The summed E-state index contributed by atoms with van der Waals surface area (Å²) >= 11 is 0. The molecule has 0 saturated carbocycles. The number of aromatic amines is 1. The Bertz CT molecular complexity index is 682. The van der Waals surface area contributed by atoms with Crippen molar-refractivity contribution < 1.29 is 17.2 Å². The molecule has 0 bridgehead atoms. The van der Waals surface area contributed by atoms with Gasteiger partial charge in [-0.3, -0.25) is 9.82 Å². The monoisotopic (exact) mass is 273 g/mol. The van der Waals surface area contributed by atoms with E-state index in [0.29, 0.717) is 5.69 Å². The van der Waals surface area contributed by atoms with E-state index in [2.05, 4.69) is 10.2 Å². The number of aryl methyl sites for hydroxylation is 1. The lowest BCUT2D eigenvalue weighted by atomic mass is 10.3. The maximum atomic E-state index is 13.3. The highest BCUT2D eigenvalue weighted by atomic mass is 32.2. The fourth-order valence-electron chi connectivity index (χ4n) is 1.39. The molecule has 2 N–H and O–H groups in total.